The van der Waals surface area contributed by atoms with Crippen molar-refractivity contribution in [2.24, 2.45) is 0 Å². The van der Waals surface area contributed by atoms with Crippen LogP contribution in [-0.4, -0.2) is 15.0 Å². The predicted molar refractivity (Wildman–Crippen MR) is 37.0 cm³/mol. The van der Waals surface area contributed by atoms with Crippen LogP contribution < -0.4 is 0 Å². The van der Waals surface area contributed by atoms with Crippen molar-refractivity contribution in [3.05, 3.63) is 8.96 Å². The van der Waals surface area contributed by atoms with Crippen molar-refractivity contribution in [3.63, 3.8) is 0 Å². The van der Waals surface area contributed by atoms with Crippen molar-refractivity contribution in [1.29, 1.82) is 0 Å². The van der Waals surface area contributed by atoms with Crippen LogP contribution in [0.25, 0.3) is 0 Å². The van der Waals surface area contributed by atoms with Crippen LogP contribution in [0.4, 0.5) is 0 Å². The van der Waals surface area contributed by atoms with Crippen molar-refractivity contribution in [1.82, 2.24) is 0 Å². The standard InChI is InChI=1S/C3H3IO3S/c4-3-1-7-8(5,6)2-3/h2H,1H2/i2D. The summed E-state index contributed by atoms with van der Waals surface area (Å²) in [5, 5.41) is -0.400. The van der Waals surface area contributed by atoms with Gasteiger partial charge in [-0.25, -0.2) is 0 Å². The molecule has 0 amide bonds. The summed E-state index contributed by atoms with van der Waals surface area (Å²) in [6.07, 6.45) is 0. The molecule has 0 aliphatic carbocycles. The van der Waals surface area contributed by atoms with E-state index in [4.69, 9.17) is 1.37 Å². The third-order valence-electron chi connectivity index (χ3n) is 0.577. The molecule has 5 heteroatoms. The van der Waals surface area contributed by atoms with Crippen molar-refractivity contribution in [2.75, 3.05) is 6.61 Å². The van der Waals surface area contributed by atoms with Crippen molar-refractivity contribution in [2.45, 2.75) is 0 Å². The van der Waals surface area contributed by atoms with Gasteiger partial charge in [-0.05, 0) is 22.6 Å². The van der Waals surface area contributed by atoms with Crippen LogP contribution in [0.5, 0.6) is 0 Å². The third-order valence-corrected chi connectivity index (χ3v) is 2.45. The molecule has 0 spiro atoms. The van der Waals surface area contributed by atoms with E-state index in [1.54, 1.807) is 22.6 Å². The van der Waals surface area contributed by atoms with Gasteiger partial charge in [-0.2, -0.15) is 8.42 Å². The summed E-state index contributed by atoms with van der Waals surface area (Å²) in [4.78, 5) is 0. The minimum atomic E-state index is -3.64. The highest BCUT2D eigenvalue weighted by molar-refractivity contribution is 14.1. The Balaban J connectivity index is 3.17. The zero-order chi connectivity index (χ0) is 7.07. The lowest BCUT2D eigenvalue weighted by Crippen LogP contribution is -1.92. The molecule has 0 N–H and O–H groups in total. The maximum Gasteiger partial charge on any atom is 0.291 e. The number of hydrogen-bond donors (Lipinski definition) is 0. The van der Waals surface area contributed by atoms with Gasteiger partial charge in [0.05, 0.1) is 13.4 Å². The molecule has 0 saturated heterocycles. The summed E-state index contributed by atoms with van der Waals surface area (Å²) in [6, 6.07) is 0. The Morgan fingerprint density at radius 3 is 2.75 bits per heavy atom. The van der Waals surface area contributed by atoms with Gasteiger partial charge in [0.15, 0.2) is 0 Å². The minimum Gasteiger partial charge on any atom is -0.261 e. The summed E-state index contributed by atoms with van der Waals surface area (Å²) in [5.41, 5.74) is 0. The van der Waals surface area contributed by atoms with Crippen LogP contribution in [0.3, 0.4) is 0 Å². The van der Waals surface area contributed by atoms with E-state index in [2.05, 4.69) is 4.18 Å². The smallest absolute Gasteiger partial charge is 0.261 e. The van der Waals surface area contributed by atoms with Crippen LogP contribution in [0, 0.1) is 0 Å². The lowest BCUT2D eigenvalue weighted by molar-refractivity contribution is 0.374. The van der Waals surface area contributed by atoms with Gasteiger partial charge in [0.1, 0.15) is 0 Å². The van der Waals surface area contributed by atoms with Crippen molar-refractivity contribution < 1.29 is 14.0 Å². The molecule has 0 saturated carbocycles. The third kappa shape index (κ3) is 1.43. The van der Waals surface area contributed by atoms with Crippen LogP contribution >= 0.6 is 22.6 Å². The summed E-state index contributed by atoms with van der Waals surface area (Å²) < 4.78 is 32.6. The van der Waals surface area contributed by atoms with E-state index >= 15 is 0 Å². The van der Waals surface area contributed by atoms with E-state index in [0.29, 0.717) is 3.58 Å². The Kier molecular flexibility index (Phi) is 1.27. The summed E-state index contributed by atoms with van der Waals surface area (Å²) in [5.74, 6) is 0. The molecule has 0 aromatic rings. The van der Waals surface area contributed by atoms with Gasteiger partial charge < -0.3 is 0 Å². The van der Waals surface area contributed by atoms with Gasteiger partial charge in [-0.1, -0.05) is 0 Å². The van der Waals surface area contributed by atoms with Gasteiger partial charge in [0.25, 0.3) is 10.1 Å². The molecule has 0 fully saturated rings. The molecule has 0 aromatic carbocycles. The fourth-order valence-corrected chi connectivity index (χ4v) is 2.16. The van der Waals surface area contributed by atoms with Crippen LogP contribution in [0.15, 0.2) is 8.96 Å². The first kappa shape index (κ1) is 5.19. The molecule has 0 bridgehead atoms. The first-order valence-electron chi connectivity index (χ1n) is 2.29. The molecular weight excluding hydrogens is 243 g/mol. The molecule has 1 aliphatic heterocycles. The normalized spacial score (nSPS) is 28.4. The second-order valence-electron chi connectivity index (χ2n) is 1.22. The van der Waals surface area contributed by atoms with Crippen molar-refractivity contribution in [3.8, 4) is 0 Å². The molecule has 3 nitrogen and oxygen atoms in total. The fraction of sp³-hybridized carbons (Fsp3) is 0.333. The molecule has 1 aliphatic rings. The number of hydrogen-bond acceptors (Lipinski definition) is 3. The van der Waals surface area contributed by atoms with Gasteiger partial charge >= 0.3 is 0 Å². The second-order valence-corrected chi connectivity index (χ2v) is 3.87. The first-order chi connectivity index (χ1) is 4.04. The number of rotatable bonds is 0. The Labute approximate surface area is 62.4 Å². The average molecular weight is 247 g/mol. The lowest BCUT2D eigenvalue weighted by Gasteiger charge is -1.84. The Bertz CT molecular complexity index is 254. The summed E-state index contributed by atoms with van der Waals surface area (Å²) in [6.45, 7) is 0.0295. The topological polar surface area (TPSA) is 43.4 Å². The van der Waals surface area contributed by atoms with Gasteiger partial charge in [-0.3, -0.25) is 4.18 Å². The molecule has 8 heavy (non-hydrogen) atoms. The second kappa shape index (κ2) is 1.96. The largest absolute Gasteiger partial charge is 0.291 e. The highest BCUT2D eigenvalue weighted by atomic mass is 127. The van der Waals surface area contributed by atoms with E-state index in [1.807, 2.05) is 0 Å². The fourth-order valence-electron chi connectivity index (χ4n) is 0.324. The quantitative estimate of drug-likeness (QED) is 0.465. The zero-order valence-corrected chi connectivity index (χ0v) is 6.69. The summed E-state index contributed by atoms with van der Waals surface area (Å²) >= 11 is 1.77. The van der Waals surface area contributed by atoms with Crippen LogP contribution in [0.1, 0.15) is 1.37 Å². The van der Waals surface area contributed by atoms with Crippen LogP contribution in [-0.2, 0) is 14.3 Å². The maximum atomic E-state index is 10.5. The van der Waals surface area contributed by atoms with E-state index in [9.17, 15) is 8.42 Å². The SMILES string of the molecule is [2H]C1=C(I)COS1(=O)=O. The maximum absolute atomic E-state index is 10.5. The van der Waals surface area contributed by atoms with Gasteiger partial charge in [0, 0.05) is 3.58 Å². The Morgan fingerprint density at radius 1 is 2.00 bits per heavy atom. The molecule has 1 rings (SSSR count). The van der Waals surface area contributed by atoms with E-state index in [0.717, 1.165) is 0 Å². The van der Waals surface area contributed by atoms with Crippen molar-refractivity contribution >= 4 is 32.7 Å². The molecular formula is C3H3IO3S. The Hall–Kier alpha value is 0.380. The molecule has 1 heterocycles. The molecule has 0 atom stereocenters. The zero-order valence-electron chi connectivity index (χ0n) is 4.72. The first-order valence-corrected chi connectivity index (χ1v) is 4.27. The average Bonchev–Trinajstić information content (AvgIpc) is 1.97. The number of halogens is 1. The highest BCUT2D eigenvalue weighted by Crippen LogP contribution is 2.17. The Morgan fingerprint density at radius 2 is 2.62 bits per heavy atom. The van der Waals surface area contributed by atoms with Crippen LogP contribution in [0.2, 0.25) is 0 Å². The van der Waals surface area contributed by atoms with E-state index in [-0.39, 0.29) is 6.61 Å². The summed E-state index contributed by atoms with van der Waals surface area (Å²) in [7, 11) is -3.64. The molecule has 0 aromatic heterocycles. The molecule has 0 unspecified atom stereocenters. The monoisotopic (exact) mass is 247 g/mol. The van der Waals surface area contributed by atoms with Gasteiger partial charge in [0.2, 0.25) is 0 Å². The lowest BCUT2D eigenvalue weighted by atomic mass is 10.7. The minimum absolute atomic E-state index is 0.0295. The molecule has 0 radical (unpaired) electrons. The highest BCUT2D eigenvalue weighted by Gasteiger charge is 2.15. The van der Waals surface area contributed by atoms with E-state index < -0.39 is 15.5 Å². The van der Waals surface area contributed by atoms with Gasteiger partial charge in [-0.15, -0.1) is 0 Å². The van der Waals surface area contributed by atoms with E-state index in [1.165, 1.54) is 0 Å². The predicted octanol–water partition coefficient (Wildman–Crippen LogP) is 0.623. The molecule has 46 valence electrons.